The molecule has 0 atom stereocenters. The van der Waals surface area contributed by atoms with Crippen molar-refractivity contribution in [1.29, 1.82) is 0 Å². The number of rotatable bonds is 6. The van der Waals surface area contributed by atoms with Crippen LogP contribution in [0.15, 0.2) is 41.3 Å². The molecule has 2 aromatic rings. The number of benzene rings is 2. The number of ether oxygens (including phenoxy) is 2. The number of carbonyl (C=O) groups is 1. The summed E-state index contributed by atoms with van der Waals surface area (Å²) < 4.78 is 50.5. The minimum atomic E-state index is -3.69. The normalized spacial score (nSPS) is 14.8. The van der Waals surface area contributed by atoms with E-state index in [0.29, 0.717) is 18.7 Å². The number of sulfonamides is 1. The number of methoxy groups -OCH3 is 1. The van der Waals surface area contributed by atoms with Gasteiger partial charge in [0.2, 0.25) is 10.0 Å². The molecule has 0 radical (unpaired) electrons. The molecule has 0 saturated carbocycles. The van der Waals surface area contributed by atoms with E-state index in [1.54, 1.807) is 6.07 Å². The highest BCUT2D eigenvalue weighted by atomic mass is 35.5. The molecule has 0 N–H and O–H groups in total. The van der Waals surface area contributed by atoms with Gasteiger partial charge in [0.05, 0.1) is 22.6 Å². The van der Waals surface area contributed by atoms with E-state index >= 15 is 0 Å². The van der Waals surface area contributed by atoms with Crippen LogP contribution >= 0.6 is 11.6 Å². The van der Waals surface area contributed by atoms with Gasteiger partial charge < -0.3 is 9.47 Å². The Labute approximate surface area is 167 Å². The maximum absolute atomic E-state index is 13.7. The molecule has 150 valence electrons. The summed E-state index contributed by atoms with van der Waals surface area (Å²) in [6, 6.07) is 8.12. The second-order valence-electron chi connectivity index (χ2n) is 6.30. The van der Waals surface area contributed by atoms with Crippen LogP contribution < -0.4 is 4.74 Å². The first-order valence-electron chi connectivity index (χ1n) is 8.62. The molecule has 3 rings (SSSR count). The molecule has 1 aliphatic heterocycles. The highest BCUT2D eigenvalue weighted by Crippen LogP contribution is 2.26. The zero-order valence-corrected chi connectivity index (χ0v) is 16.7. The monoisotopic (exact) mass is 427 g/mol. The standard InChI is InChI=1S/C19H19ClFNO5S/c1-26-18-7-4-13(10-17(18)21)12-27-19(23)15-11-14(5-6-16(15)20)28(24,25)22-8-2-3-9-22/h4-7,10-11H,2-3,8-9,12H2,1H3. The third kappa shape index (κ3) is 4.29. The van der Waals surface area contributed by atoms with Crippen LogP contribution in [0.4, 0.5) is 4.39 Å². The van der Waals surface area contributed by atoms with Gasteiger partial charge in [-0.05, 0) is 48.7 Å². The van der Waals surface area contributed by atoms with Gasteiger partial charge in [0, 0.05) is 13.1 Å². The van der Waals surface area contributed by atoms with Gasteiger partial charge in [0.15, 0.2) is 11.6 Å². The molecule has 28 heavy (non-hydrogen) atoms. The van der Waals surface area contributed by atoms with Crippen molar-refractivity contribution in [2.24, 2.45) is 0 Å². The third-order valence-electron chi connectivity index (χ3n) is 4.45. The summed E-state index contributed by atoms with van der Waals surface area (Å²) in [6.07, 6.45) is 1.61. The number of halogens is 2. The van der Waals surface area contributed by atoms with E-state index in [4.69, 9.17) is 21.1 Å². The maximum atomic E-state index is 13.7. The van der Waals surface area contributed by atoms with E-state index in [0.717, 1.165) is 12.8 Å². The minimum absolute atomic E-state index is 0.0127. The quantitative estimate of drug-likeness (QED) is 0.658. The van der Waals surface area contributed by atoms with Gasteiger partial charge in [0.1, 0.15) is 6.61 Å². The SMILES string of the molecule is COc1ccc(COC(=O)c2cc(S(=O)(=O)N3CCCC3)ccc2Cl)cc1F. The fourth-order valence-corrected chi connectivity index (χ4v) is 4.66. The second-order valence-corrected chi connectivity index (χ2v) is 8.64. The molecule has 0 aromatic heterocycles. The van der Waals surface area contributed by atoms with Crippen LogP contribution in [0.1, 0.15) is 28.8 Å². The number of esters is 1. The number of carbonyl (C=O) groups excluding carboxylic acids is 1. The molecular weight excluding hydrogens is 409 g/mol. The predicted molar refractivity (Wildman–Crippen MR) is 102 cm³/mol. The van der Waals surface area contributed by atoms with Gasteiger partial charge >= 0.3 is 5.97 Å². The Hall–Kier alpha value is -2.16. The molecule has 9 heteroatoms. The van der Waals surface area contributed by atoms with E-state index in [-0.39, 0.29) is 27.8 Å². The van der Waals surface area contributed by atoms with E-state index in [1.807, 2.05) is 0 Å². The van der Waals surface area contributed by atoms with Crippen LogP contribution in [0.3, 0.4) is 0 Å². The van der Waals surface area contributed by atoms with Crippen molar-refractivity contribution in [2.75, 3.05) is 20.2 Å². The topological polar surface area (TPSA) is 72.9 Å². The maximum Gasteiger partial charge on any atom is 0.340 e. The van der Waals surface area contributed by atoms with Crippen molar-refractivity contribution in [3.05, 3.63) is 58.4 Å². The molecule has 0 spiro atoms. The summed E-state index contributed by atoms with van der Waals surface area (Å²) in [5.41, 5.74) is 0.361. The molecule has 1 saturated heterocycles. The Morgan fingerprint density at radius 1 is 1.18 bits per heavy atom. The summed E-state index contributed by atoms with van der Waals surface area (Å²) in [5.74, 6) is -1.29. The summed E-state index contributed by atoms with van der Waals surface area (Å²) in [6.45, 7) is 0.709. The Kier molecular flexibility index (Phi) is 6.22. The average molecular weight is 428 g/mol. The number of hydrogen-bond acceptors (Lipinski definition) is 5. The smallest absolute Gasteiger partial charge is 0.340 e. The number of nitrogens with zero attached hydrogens (tertiary/aromatic N) is 1. The Balaban J connectivity index is 1.77. The zero-order valence-electron chi connectivity index (χ0n) is 15.2. The molecule has 1 heterocycles. The summed E-state index contributed by atoms with van der Waals surface area (Å²) in [5, 5.41) is 0.0753. The van der Waals surface area contributed by atoms with E-state index < -0.39 is 21.8 Å². The van der Waals surface area contributed by atoms with Gasteiger partial charge in [0.25, 0.3) is 0 Å². The molecule has 1 fully saturated rings. The molecule has 2 aromatic carbocycles. The molecule has 0 bridgehead atoms. The lowest BCUT2D eigenvalue weighted by atomic mass is 10.2. The van der Waals surface area contributed by atoms with Crippen LogP contribution in [-0.4, -0.2) is 38.9 Å². The largest absolute Gasteiger partial charge is 0.494 e. The van der Waals surface area contributed by atoms with Gasteiger partial charge in [-0.1, -0.05) is 17.7 Å². The lowest BCUT2D eigenvalue weighted by molar-refractivity contribution is 0.0472. The predicted octanol–water partition coefficient (Wildman–Crippen LogP) is 3.63. The van der Waals surface area contributed by atoms with Gasteiger partial charge in [-0.2, -0.15) is 4.31 Å². The van der Waals surface area contributed by atoms with Gasteiger partial charge in [-0.3, -0.25) is 0 Å². The first-order valence-corrected chi connectivity index (χ1v) is 10.4. The van der Waals surface area contributed by atoms with Crippen LogP contribution in [0.5, 0.6) is 5.75 Å². The van der Waals surface area contributed by atoms with E-state index in [9.17, 15) is 17.6 Å². The number of hydrogen-bond donors (Lipinski definition) is 0. The van der Waals surface area contributed by atoms with Gasteiger partial charge in [-0.15, -0.1) is 0 Å². The highest BCUT2D eigenvalue weighted by Gasteiger charge is 2.28. The van der Waals surface area contributed by atoms with E-state index in [2.05, 4.69) is 0 Å². The molecular formula is C19H19ClFNO5S. The third-order valence-corrected chi connectivity index (χ3v) is 6.67. The van der Waals surface area contributed by atoms with Crippen molar-refractivity contribution in [1.82, 2.24) is 4.31 Å². The molecule has 0 amide bonds. The molecule has 0 unspecified atom stereocenters. The van der Waals surface area contributed by atoms with Crippen molar-refractivity contribution in [3.63, 3.8) is 0 Å². The molecule has 1 aliphatic rings. The van der Waals surface area contributed by atoms with Crippen LogP contribution in [0, 0.1) is 5.82 Å². The lowest BCUT2D eigenvalue weighted by Gasteiger charge is -2.16. The van der Waals surface area contributed by atoms with Crippen molar-refractivity contribution in [3.8, 4) is 5.75 Å². The fraction of sp³-hybridized carbons (Fsp3) is 0.316. The zero-order chi connectivity index (χ0) is 20.3. The summed E-state index contributed by atoms with van der Waals surface area (Å²) >= 11 is 6.06. The highest BCUT2D eigenvalue weighted by molar-refractivity contribution is 7.89. The van der Waals surface area contributed by atoms with Gasteiger partial charge in [-0.25, -0.2) is 17.6 Å². The molecule has 6 nitrogen and oxygen atoms in total. The second kappa shape index (κ2) is 8.46. The first kappa shape index (κ1) is 20.6. The Morgan fingerprint density at radius 3 is 2.54 bits per heavy atom. The Bertz CT molecular complexity index is 990. The van der Waals surface area contributed by atoms with Crippen LogP contribution in [0.2, 0.25) is 5.02 Å². The first-order chi connectivity index (χ1) is 13.3. The molecule has 0 aliphatic carbocycles. The van der Waals surface area contributed by atoms with Crippen LogP contribution in [-0.2, 0) is 21.4 Å². The fourth-order valence-electron chi connectivity index (χ4n) is 2.93. The summed E-state index contributed by atoms with van der Waals surface area (Å²) in [7, 11) is -2.34. The van der Waals surface area contributed by atoms with Crippen molar-refractivity contribution >= 4 is 27.6 Å². The summed E-state index contributed by atoms with van der Waals surface area (Å²) in [4.78, 5) is 12.4. The van der Waals surface area contributed by atoms with E-state index in [1.165, 1.54) is 41.7 Å². The van der Waals surface area contributed by atoms with Crippen LogP contribution in [0.25, 0.3) is 0 Å². The average Bonchev–Trinajstić information content (AvgIpc) is 3.22. The van der Waals surface area contributed by atoms with Crippen molar-refractivity contribution in [2.45, 2.75) is 24.3 Å². The minimum Gasteiger partial charge on any atom is -0.494 e. The lowest BCUT2D eigenvalue weighted by Crippen LogP contribution is -2.28. The van der Waals surface area contributed by atoms with Crippen molar-refractivity contribution < 1.29 is 27.1 Å². The Morgan fingerprint density at radius 2 is 1.89 bits per heavy atom.